The molecule has 70 heavy (non-hydrogen) atoms. The summed E-state index contributed by atoms with van der Waals surface area (Å²) in [5.41, 5.74) is 13.9. The van der Waals surface area contributed by atoms with Crippen LogP contribution in [0.2, 0.25) is 0 Å². The van der Waals surface area contributed by atoms with Gasteiger partial charge in [0.25, 0.3) is 0 Å². The molecule has 366 valence electrons. The van der Waals surface area contributed by atoms with Gasteiger partial charge in [-0.15, -0.1) is 0 Å². The van der Waals surface area contributed by atoms with E-state index < -0.39 is 11.1 Å². The molecule has 4 atom stereocenters. The van der Waals surface area contributed by atoms with Crippen LogP contribution in [0.4, 0.5) is 0 Å². The maximum Gasteiger partial charge on any atom is 0.130 e. The lowest BCUT2D eigenvalue weighted by Gasteiger charge is -2.46. The van der Waals surface area contributed by atoms with Crippen molar-refractivity contribution >= 4 is 0 Å². The molecule has 0 bridgehead atoms. The van der Waals surface area contributed by atoms with Gasteiger partial charge in [0.05, 0.1) is 11.6 Å². The fraction of sp³-hybridized carbons (Fsp3) is 0.333. The smallest absolute Gasteiger partial charge is 0.130 e. The third-order valence-corrected chi connectivity index (χ3v) is 14.4. The van der Waals surface area contributed by atoms with Gasteiger partial charge >= 0.3 is 0 Å². The molecular weight excluding hydrogens is 867 g/mol. The summed E-state index contributed by atoms with van der Waals surface area (Å²) >= 11 is 0. The van der Waals surface area contributed by atoms with Crippen molar-refractivity contribution in [1.82, 2.24) is 0 Å². The average Bonchev–Trinajstić information content (AvgIpc) is 3.37. The first-order chi connectivity index (χ1) is 33.5. The minimum atomic E-state index is -0.805. The fourth-order valence-electron chi connectivity index (χ4n) is 8.71. The first-order valence-corrected chi connectivity index (χ1v) is 25.0. The highest BCUT2D eigenvalue weighted by atomic mass is 16.5. The van der Waals surface area contributed by atoms with Crippen molar-refractivity contribution in [1.29, 1.82) is 0 Å². The van der Waals surface area contributed by atoms with E-state index in [4.69, 9.17) is 34.2 Å². The van der Waals surface area contributed by atoms with E-state index in [0.29, 0.717) is 35.8 Å². The van der Waals surface area contributed by atoms with Crippen LogP contribution in [-0.4, -0.2) is 11.7 Å². The molecule has 4 unspecified atom stereocenters. The summed E-state index contributed by atoms with van der Waals surface area (Å²) in [6.45, 7) is 25.8. The summed E-state index contributed by atoms with van der Waals surface area (Å²) in [4.78, 5) is 0. The molecule has 0 saturated carbocycles. The zero-order valence-corrected chi connectivity index (χ0v) is 43.4. The van der Waals surface area contributed by atoms with Gasteiger partial charge in [0.2, 0.25) is 0 Å². The van der Waals surface area contributed by atoms with Gasteiger partial charge in [-0.25, -0.2) is 0 Å². The van der Waals surface area contributed by atoms with Crippen molar-refractivity contribution in [2.45, 2.75) is 137 Å². The molecule has 0 spiro atoms. The summed E-state index contributed by atoms with van der Waals surface area (Å²) in [6.07, 6.45) is 3.58. The van der Waals surface area contributed by atoms with E-state index in [1.54, 1.807) is 0 Å². The average molecular weight is 940 g/mol. The van der Waals surface area contributed by atoms with E-state index in [2.05, 4.69) is 125 Å². The highest BCUT2D eigenvalue weighted by Crippen LogP contribution is 2.42. The molecule has 0 aliphatic heterocycles. The molecule has 7 rings (SSSR count). The molecule has 0 heterocycles. The van der Waals surface area contributed by atoms with Gasteiger partial charge < -0.3 is 34.2 Å². The topological polar surface area (TPSA) is 81.4 Å². The number of nitrogens with two attached hydrogens (primary N) is 1. The van der Waals surface area contributed by atoms with Crippen LogP contribution >= 0.6 is 0 Å². The lowest BCUT2D eigenvalue weighted by Crippen LogP contribution is -2.59. The molecule has 2 N–H and O–H groups in total. The van der Waals surface area contributed by atoms with E-state index in [1.165, 1.54) is 16.7 Å². The van der Waals surface area contributed by atoms with Crippen molar-refractivity contribution in [2.24, 2.45) is 5.73 Å². The van der Waals surface area contributed by atoms with Crippen LogP contribution in [0.3, 0.4) is 0 Å². The molecule has 0 saturated heterocycles. The molecule has 0 fully saturated rings. The minimum absolute atomic E-state index is 0.132. The van der Waals surface area contributed by atoms with Crippen molar-refractivity contribution in [3.63, 3.8) is 0 Å². The van der Waals surface area contributed by atoms with Crippen LogP contribution in [0.25, 0.3) is 0 Å². The third-order valence-electron chi connectivity index (χ3n) is 14.4. The lowest BCUT2D eigenvalue weighted by atomic mass is 9.72. The second kappa shape index (κ2) is 21.9. The Morgan fingerprint density at radius 3 is 1.26 bits per heavy atom. The monoisotopic (exact) mass is 940 g/mol. The molecule has 0 amide bonds. The Morgan fingerprint density at radius 2 is 0.829 bits per heavy atom. The van der Waals surface area contributed by atoms with Gasteiger partial charge in [-0.3, -0.25) is 0 Å². The summed E-state index contributed by atoms with van der Waals surface area (Å²) in [7, 11) is 0. The van der Waals surface area contributed by atoms with E-state index in [9.17, 15) is 0 Å². The van der Waals surface area contributed by atoms with Crippen LogP contribution in [0.15, 0.2) is 152 Å². The molecular formula is C63H73NO6. The van der Waals surface area contributed by atoms with Crippen LogP contribution in [0.5, 0.6) is 57.5 Å². The SMILES string of the molecule is CCC(C)Oc1ccc(C(C)c2ccc(Oc3ccc(Oc4ccc(C(N)(CC)C(C)(CC)Oc5ccc(Oc6ccc(Oc7ccc(C(C)(C)CC)cc7)cc6)cc5C)cc4)cc3)c(C)c2)cc1C. The number of benzene rings is 7. The number of aryl methyl sites for hydroxylation is 3. The van der Waals surface area contributed by atoms with Crippen molar-refractivity contribution < 1.29 is 28.4 Å². The Bertz CT molecular complexity index is 2820. The van der Waals surface area contributed by atoms with E-state index in [-0.39, 0.29) is 17.4 Å². The minimum Gasteiger partial charge on any atom is -0.490 e. The normalized spacial score (nSPS) is 14.1. The maximum absolute atomic E-state index is 7.38. The first-order valence-electron chi connectivity index (χ1n) is 25.0. The Balaban J connectivity index is 0.941. The summed E-state index contributed by atoms with van der Waals surface area (Å²) < 4.78 is 38.0. The summed E-state index contributed by atoms with van der Waals surface area (Å²) in [5, 5.41) is 0. The van der Waals surface area contributed by atoms with Crippen LogP contribution in [0, 0.1) is 20.8 Å². The molecule has 7 aromatic rings. The molecule has 0 aliphatic rings. The van der Waals surface area contributed by atoms with Gasteiger partial charge in [0.1, 0.15) is 63.1 Å². The van der Waals surface area contributed by atoms with Gasteiger partial charge in [-0.2, -0.15) is 0 Å². The van der Waals surface area contributed by atoms with Crippen LogP contribution in [-0.2, 0) is 11.0 Å². The molecule has 0 aromatic heterocycles. The number of hydrogen-bond donors (Lipinski definition) is 1. The standard InChI is InChI=1S/C63H73NO6/c1-13-45(8)65-58-36-17-47(39-42(58)5)46(9)48-18-37-59(43(6)40-48)69-56-33-31-54(32-34-56)67-52-25-21-50(22-26-52)63(64,16-4)62(12,15-3)70-60-38-35-57(41-44(60)7)68-55-29-27-53(28-30-55)66-51-23-19-49(20-24-51)61(10,11)14-2/h17-41,45-46H,13-16,64H2,1-12H3. The zero-order valence-electron chi connectivity index (χ0n) is 43.4. The van der Waals surface area contributed by atoms with Gasteiger partial charge in [-0.05, 0) is 208 Å². The van der Waals surface area contributed by atoms with Gasteiger partial charge in [0.15, 0.2) is 0 Å². The highest BCUT2D eigenvalue weighted by molar-refractivity contribution is 5.48. The van der Waals surface area contributed by atoms with E-state index >= 15 is 0 Å². The number of ether oxygens (including phenoxy) is 6. The molecule has 0 aliphatic carbocycles. The molecule has 0 radical (unpaired) electrons. The maximum atomic E-state index is 7.38. The largest absolute Gasteiger partial charge is 0.490 e. The lowest BCUT2D eigenvalue weighted by molar-refractivity contribution is -0.00388. The predicted octanol–water partition coefficient (Wildman–Crippen LogP) is 17.6. The quantitative estimate of drug-likeness (QED) is 0.0768. The Labute approximate surface area is 417 Å². The second-order valence-electron chi connectivity index (χ2n) is 19.7. The summed E-state index contributed by atoms with van der Waals surface area (Å²) in [5.74, 6) is 7.86. The van der Waals surface area contributed by atoms with E-state index in [0.717, 1.165) is 69.6 Å². The highest BCUT2D eigenvalue weighted by Gasteiger charge is 2.46. The Morgan fingerprint density at radius 1 is 0.429 bits per heavy atom. The van der Waals surface area contributed by atoms with Crippen molar-refractivity contribution in [2.75, 3.05) is 0 Å². The zero-order chi connectivity index (χ0) is 50.2. The molecule has 7 nitrogen and oxygen atoms in total. The van der Waals surface area contributed by atoms with Crippen LogP contribution < -0.4 is 34.2 Å². The van der Waals surface area contributed by atoms with Gasteiger partial charge in [-0.1, -0.05) is 97.0 Å². The Hall–Kier alpha value is -6.70. The molecule has 7 aromatic carbocycles. The first kappa shape index (κ1) is 51.2. The van der Waals surface area contributed by atoms with Crippen LogP contribution in [0.1, 0.15) is 133 Å². The van der Waals surface area contributed by atoms with Gasteiger partial charge in [0, 0.05) is 5.92 Å². The predicted molar refractivity (Wildman–Crippen MR) is 286 cm³/mol. The van der Waals surface area contributed by atoms with Crippen molar-refractivity contribution in [3.05, 3.63) is 191 Å². The summed E-state index contributed by atoms with van der Waals surface area (Å²) in [6, 6.07) is 50.6. The van der Waals surface area contributed by atoms with Crippen molar-refractivity contribution in [3.8, 4) is 57.5 Å². The Kier molecular flexibility index (Phi) is 16.0. The third kappa shape index (κ3) is 11.8. The molecule has 7 heteroatoms. The number of rotatable bonds is 21. The second-order valence-corrected chi connectivity index (χ2v) is 19.7. The fourth-order valence-corrected chi connectivity index (χ4v) is 8.71. The van der Waals surface area contributed by atoms with E-state index in [1.807, 2.05) is 110 Å². The number of hydrogen-bond acceptors (Lipinski definition) is 7.